The first-order valence-corrected chi connectivity index (χ1v) is 6.06. The molecule has 104 valence electrons. The molecule has 0 radical (unpaired) electrons. The van der Waals surface area contributed by atoms with Gasteiger partial charge in [0, 0.05) is 13.1 Å². The highest BCUT2D eigenvalue weighted by molar-refractivity contribution is 6.45. The monoisotopic (exact) mass is 294 g/mol. The van der Waals surface area contributed by atoms with Crippen LogP contribution in [0.5, 0.6) is 0 Å². The maximum Gasteiger partial charge on any atom is 0.379 e. The molecule has 0 spiro atoms. The van der Waals surface area contributed by atoms with E-state index >= 15 is 0 Å². The van der Waals surface area contributed by atoms with E-state index in [0.29, 0.717) is 11.2 Å². The summed E-state index contributed by atoms with van der Waals surface area (Å²) in [4.78, 5) is 38.7. The molecule has 0 atom stereocenters. The number of aromatic nitrogens is 2. The molecular weight excluding hydrogens is 284 g/mol. The van der Waals surface area contributed by atoms with Crippen molar-refractivity contribution in [1.29, 1.82) is 0 Å². The molecule has 7 heteroatoms. The van der Waals surface area contributed by atoms with E-state index in [4.69, 9.17) is 11.6 Å². The highest BCUT2D eigenvalue weighted by Gasteiger charge is 2.24. The van der Waals surface area contributed by atoms with Gasteiger partial charge in [-0.15, -0.1) is 0 Å². The van der Waals surface area contributed by atoms with Gasteiger partial charge in [-0.3, -0.25) is 14.0 Å². The molecule has 0 saturated carbocycles. The number of ketones is 2. The highest BCUT2D eigenvalue weighted by atomic mass is 35.5. The summed E-state index contributed by atoms with van der Waals surface area (Å²) in [6.45, 7) is 3.01. The topological polar surface area (TPSA) is 77.7 Å². The van der Waals surface area contributed by atoms with E-state index in [1.807, 2.05) is 0 Å². The smallest absolute Gasteiger partial charge is 0.379 e. The summed E-state index contributed by atoms with van der Waals surface area (Å²) in [6.07, 6.45) is 1.42. The Balaban J connectivity index is 2.71. The molecule has 20 heavy (non-hydrogen) atoms. The normalized spacial score (nSPS) is 10.6. The number of aryl methyl sites for hydroxylation is 1. The van der Waals surface area contributed by atoms with Gasteiger partial charge in [-0.25, -0.2) is 9.78 Å². The minimum absolute atomic E-state index is 0.0235. The molecule has 6 nitrogen and oxygen atoms in total. The Morgan fingerprint density at radius 1 is 1.35 bits per heavy atom. The molecule has 2 heterocycles. The van der Waals surface area contributed by atoms with Gasteiger partial charge < -0.3 is 4.74 Å². The molecule has 0 saturated heterocycles. The van der Waals surface area contributed by atoms with Crippen LogP contribution in [0.2, 0.25) is 5.15 Å². The van der Waals surface area contributed by atoms with Crippen LogP contribution in [0.25, 0.3) is 5.65 Å². The summed E-state index contributed by atoms with van der Waals surface area (Å²) < 4.78 is 5.80. The van der Waals surface area contributed by atoms with Crippen LogP contribution in [0, 0.1) is 6.92 Å². The molecule has 0 aliphatic rings. The van der Waals surface area contributed by atoms with E-state index in [0.717, 1.165) is 7.11 Å². The van der Waals surface area contributed by atoms with Gasteiger partial charge in [-0.2, -0.15) is 0 Å². The fraction of sp³-hybridized carbons (Fsp3) is 0.231. The largest absolute Gasteiger partial charge is 0.463 e. The number of imidazole rings is 1. The maximum absolute atomic E-state index is 11.9. The van der Waals surface area contributed by atoms with E-state index in [1.165, 1.54) is 17.5 Å². The van der Waals surface area contributed by atoms with Gasteiger partial charge >= 0.3 is 5.97 Å². The first kappa shape index (κ1) is 14.2. The second-order valence-electron chi connectivity index (χ2n) is 4.22. The molecule has 0 N–H and O–H groups in total. The van der Waals surface area contributed by atoms with E-state index < -0.39 is 11.8 Å². The zero-order valence-corrected chi connectivity index (χ0v) is 11.8. The highest BCUT2D eigenvalue weighted by Crippen LogP contribution is 2.24. The number of carbonyl (C=O) groups excluding carboxylic acids is 3. The van der Waals surface area contributed by atoms with Crippen molar-refractivity contribution in [2.75, 3.05) is 7.11 Å². The van der Waals surface area contributed by atoms with Gasteiger partial charge in [0.1, 0.15) is 16.5 Å². The van der Waals surface area contributed by atoms with Crippen molar-refractivity contribution in [2.24, 2.45) is 0 Å². The van der Waals surface area contributed by atoms with Gasteiger partial charge in [0.2, 0.25) is 0 Å². The molecule has 0 aliphatic carbocycles. The third-order valence-corrected chi connectivity index (χ3v) is 3.22. The molecule has 0 unspecified atom stereocenters. The van der Waals surface area contributed by atoms with Gasteiger partial charge in [0.15, 0.2) is 5.78 Å². The van der Waals surface area contributed by atoms with Gasteiger partial charge in [-0.1, -0.05) is 11.6 Å². The fourth-order valence-electron chi connectivity index (χ4n) is 1.84. The van der Waals surface area contributed by atoms with Crippen LogP contribution in [0.4, 0.5) is 0 Å². The first-order chi connectivity index (χ1) is 9.36. The zero-order chi connectivity index (χ0) is 15.0. The predicted molar refractivity (Wildman–Crippen MR) is 71.3 cm³/mol. The van der Waals surface area contributed by atoms with E-state index in [-0.39, 0.29) is 22.2 Å². The lowest BCUT2D eigenvalue weighted by atomic mass is 10.1. The van der Waals surface area contributed by atoms with Crippen molar-refractivity contribution < 1.29 is 19.1 Å². The first-order valence-electron chi connectivity index (χ1n) is 5.68. The van der Waals surface area contributed by atoms with E-state index in [2.05, 4.69) is 9.72 Å². The average Bonchev–Trinajstić information content (AvgIpc) is 2.81. The number of methoxy groups -OCH3 is 1. The van der Waals surface area contributed by atoms with Crippen LogP contribution in [0.3, 0.4) is 0 Å². The quantitative estimate of drug-likeness (QED) is 0.374. The number of nitrogens with zero attached hydrogens (tertiary/aromatic N) is 2. The second-order valence-corrected chi connectivity index (χ2v) is 4.58. The number of pyridine rings is 1. The second kappa shape index (κ2) is 5.05. The SMILES string of the molecule is COC(=O)C(=O)c1c(C)cc2nc(C(C)=O)cn2c1Cl. The number of Topliss-reactive ketones (excluding diaryl/α,β-unsaturated/α-hetero) is 2. The molecule has 2 rings (SSSR count). The third kappa shape index (κ3) is 2.18. The molecule has 0 aliphatic heterocycles. The minimum atomic E-state index is -0.999. The summed E-state index contributed by atoms with van der Waals surface area (Å²) >= 11 is 6.14. The van der Waals surface area contributed by atoms with E-state index in [1.54, 1.807) is 13.0 Å². The molecule has 0 bridgehead atoms. The van der Waals surface area contributed by atoms with Crippen molar-refractivity contribution in [1.82, 2.24) is 9.38 Å². The number of halogens is 1. The van der Waals surface area contributed by atoms with Crippen LogP contribution >= 0.6 is 11.6 Å². The number of hydrogen-bond donors (Lipinski definition) is 0. The predicted octanol–water partition coefficient (Wildman–Crippen LogP) is 1.85. The van der Waals surface area contributed by atoms with Crippen molar-refractivity contribution >= 4 is 34.8 Å². The van der Waals surface area contributed by atoms with Gasteiger partial charge in [-0.05, 0) is 18.6 Å². The summed E-state index contributed by atoms with van der Waals surface area (Å²) in [5.74, 6) is -2.06. The number of ether oxygens (including phenoxy) is 1. The standard InChI is InChI=1S/C13H11ClN2O4/c1-6-4-9-15-8(7(2)17)5-16(9)12(14)10(6)11(18)13(19)20-3/h4-5H,1-3H3. The van der Waals surface area contributed by atoms with Crippen molar-refractivity contribution in [3.63, 3.8) is 0 Å². The van der Waals surface area contributed by atoms with E-state index in [9.17, 15) is 14.4 Å². The van der Waals surface area contributed by atoms with Gasteiger partial charge in [0.05, 0.1) is 12.7 Å². The average molecular weight is 295 g/mol. The van der Waals surface area contributed by atoms with Gasteiger partial charge in [0.25, 0.3) is 5.78 Å². The Morgan fingerprint density at radius 2 is 2.00 bits per heavy atom. The fourth-order valence-corrected chi connectivity index (χ4v) is 2.21. The summed E-state index contributed by atoms with van der Waals surface area (Å²) in [5, 5.41) is 0.0235. The summed E-state index contributed by atoms with van der Waals surface area (Å²) in [7, 11) is 1.12. The lowest BCUT2D eigenvalue weighted by molar-refractivity contribution is -0.135. The van der Waals surface area contributed by atoms with Crippen LogP contribution in [-0.2, 0) is 9.53 Å². The lowest BCUT2D eigenvalue weighted by Gasteiger charge is -2.08. The third-order valence-electron chi connectivity index (χ3n) is 2.85. The summed E-state index contributed by atoms with van der Waals surface area (Å²) in [5.41, 5.74) is 1.19. The maximum atomic E-state index is 11.9. The molecule has 2 aromatic rings. The number of esters is 1. The van der Waals surface area contributed by atoms with Crippen LogP contribution in [0.1, 0.15) is 33.3 Å². The Kier molecular flexibility index (Phi) is 3.59. The molecule has 0 fully saturated rings. The van der Waals surface area contributed by atoms with Crippen molar-refractivity contribution in [2.45, 2.75) is 13.8 Å². The Labute approximate surface area is 119 Å². The Morgan fingerprint density at radius 3 is 2.55 bits per heavy atom. The Hall–Kier alpha value is -2.21. The molecule has 2 aromatic heterocycles. The van der Waals surface area contributed by atoms with Crippen LogP contribution < -0.4 is 0 Å². The van der Waals surface area contributed by atoms with Crippen LogP contribution in [0.15, 0.2) is 12.3 Å². The molecule has 0 amide bonds. The number of carbonyl (C=O) groups is 3. The molecule has 0 aromatic carbocycles. The van der Waals surface area contributed by atoms with Crippen molar-refractivity contribution in [3.8, 4) is 0 Å². The zero-order valence-electron chi connectivity index (χ0n) is 11.1. The van der Waals surface area contributed by atoms with Crippen LogP contribution in [-0.4, -0.2) is 34.0 Å². The van der Waals surface area contributed by atoms with Crippen molar-refractivity contribution in [3.05, 3.63) is 34.2 Å². The minimum Gasteiger partial charge on any atom is -0.463 e. The summed E-state index contributed by atoms with van der Waals surface area (Å²) in [6, 6.07) is 1.58. The Bertz CT molecular complexity index is 748. The number of rotatable bonds is 3. The number of fused-ring (bicyclic) bond motifs is 1. The molecular formula is C13H11ClN2O4. The number of hydrogen-bond acceptors (Lipinski definition) is 5. The lowest BCUT2D eigenvalue weighted by Crippen LogP contribution is -2.18.